The van der Waals surface area contributed by atoms with Crippen LogP contribution in [0.2, 0.25) is 0 Å². The van der Waals surface area contributed by atoms with Crippen molar-refractivity contribution < 1.29 is 23.5 Å². The van der Waals surface area contributed by atoms with Gasteiger partial charge in [0.2, 0.25) is 11.8 Å². The van der Waals surface area contributed by atoms with Gasteiger partial charge in [0.05, 0.1) is 12.1 Å². The minimum atomic E-state index is -1.17. The number of halogens is 1. The normalized spacial score (nSPS) is 16.0. The second-order valence-corrected chi connectivity index (χ2v) is 5.97. The van der Waals surface area contributed by atoms with E-state index in [9.17, 15) is 19.1 Å². The second-order valence-electron chi connectivity index (χ2n) is 5.97. The fourth-order valence-corrected chi connectivity index (χ4v) is 2.96. The highest BCUT2D eigenvalue weighted by Crippen LogP contribution is 2.30. The van der Waals surface area contributed by atoms with E-state index in [2.05, 4.69) is 10.3 Å². The molecule has 1 aliphatic carbocycles. The number of aliphatic carboxylic acids is 1. The van der Waals surface area contributed by atoms with Crippen molar-refractivity contribution in [2.75, 3.05) is 0 Å². The Labute approximate surface area is 137 Å². The van der Waals surface area contributed by atoms with Gasteiger partial charge in [0.25, 0.3) is 0 Å². The van der Waals surface area contributed by atoms with E-state index in [1.54, 1.807) is 0 Å². The Kier molecular flexibility index (Phi) is 4.33. The van der Waals surface area contributed by atoms with Crippen LogP contribution in [0.15, 0.2) is 34.9 Å². The first-order valence-corrected chi connectivity index (χ1v) is 7.73. The molecule has 6 nitrogen and oxygen atoms in total. The number of amides is 1. The van der Waals surface area contributed by atoms with Gasteiger partial charge in [-0.15, -0.1) is 0 Å². The Balaban J connectivity index is 1.67. The number of carbonyl (C=O) groups excluding carboxylic acids is 1. The predicted octanol–water partition coefficient (Wildman–Crippen LogP) is 2.54. The molecule has 1 aromatic heterocycles. The lowest BCUT2D eigenvalue weighted by Gasteiger charge is -2.25. The minimum Gasteiger partial charge on any atom is -0.480 e. The number of hydrogen-bond acceptors (Lipinski definition) is 4. The topological polar surface area (TPSA) is 92.4 Å². The summed E-state index contributed by atoms with van der Waals surface area (Å²) in [5.74, 6) is -1.48. The molecule has 0 unspecified atom stereocenters. The van der Waals surface area contributed by atoms with E-state index >= 15 is 0 Å². The number of hydrogen-bond donors (Lipinski definition) is 2. The molecule has 1 heterocycles. The first-order valence-electron chi connectivity index (χ1n) is 7.73. The molecule has 1 aliphatic rings. The molecule has 126 valence electrons. The van der Waals surface area contributed by atoms with Gasteiger partial charge in [0.1, 0.15) is 17.6 Å². The Morgan fingerprint density at radius 1 is 1.25 bits per heavy atom. The standard InChI is InChI=1S/C17H17FN2O4/c18-12-5-3-11(4-6-12)15-19-13(10-24-15)9-14(21)20-17(16(22)23)7-1-2-8-17/h3-6,10H,1-2,7-9H2,(H,20,21)(H,22,23). The van der Waals surface area contributed by atoms with Crippen molar-refractivity contribution >= 4 is 11.9 Å². The van der Waals surface area contributed by atoms with Crippen LogP contribution in [-0.2, 0) is 16.0 Å². The lowest BCUT2D eigenvalue weighted by Crippen LogP contribution is -2.52. The van der Waals surface area contributed by atoms with Gasteiger partial charge >= 0.3 is 5.97 Å². The van der Waals surface area contributed by atoms with Crippen molar-refractivity contribution in [3.05, 3.63) is 42.0 Å². The molecule has 1 aromatic carbocycles. The average molecular weight is 332 g/mol. The number of oxazole rings is 1. The van der Waals surface area contributed by atoms with E-state index in [0.717, 1.165) is 12.8 Å². The fourth-order valence-electron chi connectivity index (χ4n) is 2.96. The molecule has 1 fully saturated rings. The van der Waals surface area contributed by atoms with Crippen LogP contribution in [-0.4, -0.2) is 27.5 Å². The quantitative estimate of drug-likeness (QED) is 0.878. The van der Waals surface area contributed by atoms with Crippen LogP contribution in [0.4, 0.5) is 4.39 Å². The molecule has 7 heteroatoms. The number of carboxylic acids is 1. The molecule has 0 radical (unpaired) electrons. The third-order valence-electron chi connectivity index (χ3n) is 4.23. The maximum absolute atomic E-state index is 12.9. The zero-order valence-corrected chi connectivity index (χ0v) is 12.9. The molecule has 0 spiro atoms. The summed E-state index contributed by atoms with van der Waals surface area (Å²) >= 11 is 0. The van der Waals surface area contributed by atoms with Crippen LogP contribution in [0.3, 0.4) is 0 Å². The summed E-state index contributed by atoms with van der Waals surface area (Å²) in [4.78, 5) is 27.8. The molecular weight excluding hydrogens is 315 g/mol. The smallest absolute Gasteiger partial charge is 0.329 e. The summed E-state index contributed by atoms with van der Waals surface area (Å²) in [6, 6.07) is 5.65. The maximum Gasteiger partial charge on any atom is 0.329 e. The number of carboxylic acid groups (broad SMARTS) is 1. The molecule has 2 aromatic rings. The van der Waals surface area contributed by atoms with Crippen LogP contribution >= 0.6 is 0 Å². The van der Waals surface area contributed by atoms with Gasteiger partial charge in [0, 0.05) is 5.56 Å². The average Bonchev–Trinajstić information content (AvgIpc) is 3.18. The molecule has 1 saturated carbocycles. The lowest BCUT2D eigenvalue weighted by molar-refractivity contribution is -0.147. The van der Waals surface area contributed by atoms with Crippen molar-refractivity contribution in [2.24, 2.45) is 0 Å². The maximum atomic E-state index is 12.9. The van der Waals surface area contributed by atoms with Gasteiger partial charge in [0.15, 0.2) is 0 Å². The molecule has 1 amide bonds. The van der Waals surface area contributed by atoms with Crippen molar-refractivity contribution in [3.63, 3.8) is 0 Å². The Morgan fingerprint density at radius 3 is 2.54 bits per heavy atom. The van der Waals surface area contributed by atoms with Crippen molar-refractivity contribution in [3.8, 4) is 11.5 Å². The van der Waals surface area contributed by atoms with Gasteiger partial charge in [-0.25, -0.2) is 14.2 Å². The van der Waals surface area contributed by atoms with Crippen LogP contribution < -0.4 is 5.32 Å². The number of aromatic nitrogens is 1. The molecule has 24 heavy (non-hydrogen) atoms. The summed E-state index contributed by atoms with van der Waals surface area (Å²) in [5.41, 5.74) is -0.174. The Hall–Kier alpha value is -2.70. The summed E-state index contributed by atoms with van der Waals surface area (Å²) in [6.07, 6.45) is 3.72. The molecule has 3 rings (SSSR count). The largest absolute Gasteiger partial charge is 0.480 e. The number of rotatable bonds is 5. The monoisotopic (exact) mass is 332 g/mol. The van der Waals surface area contributed by atoms with Crippen LogP contribution in [0, 0.1) is 5.82 Å². The van der Waals surface area contributed by atoms with E-state index in [1.165, 1.54) is 30.5 Å². The molecular formula is C17H17FN2O4. The Bertz CT molecular complexity index is 748. The fraction of sp³-hybridized carbons (Fsp3) is 0.353. The van der Waals surface area contributed by atoms with Crippen LogP contribution in [0.5, 0.6) is 0 Å². The molecule has 0 aliphatic heterocycles. The molecule has 0 atom stereocenters. The van der Waals surface area contributed by atoms with Gasteiger partial charge in [-0.3, -0.25) is 4.79 Å². The zero-order valence-electron chi connectivity index (χ0n) is 12.9. The zero-order chi connectivity index (χ0) is 17.2. The molecule has 0 bridgehead atoms. The van der Waals surface area contributed by atoms with Crippen molar-refractivity contribution in [1.82, 2.24) is 10.3 Å². The summed E-state index contributed by atoms with van der Waals surface area (Å²) in [5, 5.41) is 12.0. The third kappa shape index (κ3) is 3.29. The van der Waals surface area contributed by atoms with Crippen molar-refractivity contribution in [2.45, 2.75) is 37.6 Å². The highest BCUT2D eigenvalue weighted by Gasteiger charge is 2.42. The first-order chi connectivity index (χ1) is 11.5. The Morgan fingerprint density at radius 2 is 1.92 bits per heavy atom. The highest BCUT2D eigenvalue weighted by molar-refractivity contribution is 5.88. The predicted molar refractivity (Wildman–Crippen MR) is 82.6 cm³/mol. The van der Waals surface area contributed by atoms with Gasteiger partial charge in [-0.05, 0) is 37.1 Å². The number of carbonyl (C=O) groups is 2. The number of nitrogens with zero attached hydrogens (tertiary/aromatic N) is 1. The second kappa shape index (κ2) is 6.43. The summed E-state index contributed by atoms with van der Waals surface area (Å²) in [6.45, 7) is 0. The van der Waals surface area contributed by atoms with Crippen molar-refractivity contribution in [1.29, 1.82) is 0 Å². The third-order valence-corrected chi connectivity index (χ3v) is 4.23. The van der Waals surface area contributed by atoms with E-state index in [0.29, 0.717) is 24.1 Å². The molecule has 0 saturated heterocycles. The number of nitrogens with one attached hydrogen (secondary N) is 1. The first kappa shape index (κ1) is 16.2. The van der Waals surface area contributed by atoms with Gasteiger partial charge < -0.3 is 14.8 Å². The van der Waals surface area contributed by atoms with E-state index in [4.69, 9.17) is 4.42 Å². The minimum absolute atomic E-state index is 0.0697. The lowest BCUT2D eigenvalue weighted by atomic mass is 9.97. The van der Waals surface area contributed by atoms with Gasteiger partial charge in [-0.2, -0.15) is 0 Å². The summed E-state index contributed by atoms with van der Waals surface area (Å²) in [7, 11) is 0. The number of benzene rings is 1. The summed E-state index contributed by atoms with van der Waals surface area (Å²) < 4.78 is 18.2. The van der Waals surface area contributed by atoms with E-state index in [-0.39, 0.29) is 18.1 Å². The van der Waals surface area contributed by atoms with Gasteiger partial charge in [-0.1, -0.05) is 12.8 Å². The van der Waals surface area contributed by atoms with Crippen LogP contribution in [0.25, 0.3) is 11.5 Å². The van der Waals surface area contributed by atoms with E-state index in [1.807, 2.05) is 0 Å². The van der Waals surface area contributed by atoms with Crippen LogP contribution in [0.1, 0.15) is 31.4 Å². The van der Waals surface area contributed by atoms with E-state index < -0.39 is 17.4 Å². The molecule has 2 N–H and O–H groups in total. The SMILES string of the molecule is O=C(Cc1coc(-c2ccc(F)cc2)n1)NC1(C(=O)O)CCCC1. The highest BCUT2D eigenvalue weighted by atomic mass is 19.1.